The maximum atomic E-state index is 11.6. The monoisotopic (exact) mass is 348 g/mol. The summed E-state index contributed by atoms with van der Waals surface area (Å²) < 4.78 is 10.6. The van der Waals surface area contributed by atoms with Crippen molar-refractivity contribution in [1.29, 1.82) is 0 Å². The molecular formula is C18H24N2O5. The predicted molar refractivity (Wildman–Crippen MR) is 95.6 cm³/mol. The molecule has 7 nitrogen and oxygen atoms in total. The molecule has 0 amide bonds. The molecule has 0 aliphatic carbocycles. The first-order valence-corrected chi connectivity index (χ1v) is 8.03. The molecule has 0 unspecified atom stereocenters. The summed E-state index contributed by atoms with van der Waals surface area (Å²) in [5, 5.41) is 11.6. The maximum Gasteiger partial charge on any atom is 0.330 e. The third-order valence-corrected chi connectivity index (χ3v) is 3.85. The Morgan fingerprint density at radius 3 is 2.40 bits per heavy atom. The first kappa shape index (κ1) is 18.9. The van der Waals surface area contributed by atoms with Crippen LogP contribution < -0.4 is 4.90 Å². The lowest BCUT2D eigenvalue weighted by atomic mass is 9.98. The lowest BCUT2D eigenvalue weighted by molar-refractivity contribution is -0.384. The van der Waals surface area contributed by atoms with Gasteiger partial charge in [-0.25, -0.2) is 4.79 Å². The van der Waals surface area contributed by atoms with E-state index in [-0.39, 0.29) is 5.69 Å². The molecule has 136 valence electrons. The molecule has 0 aromatic heterocycles. The highest BCUT2D eigenvalue weighted by Crippen LogP contribution is 2.36. The van der Waals surface area contributed by atoms with Gasteiger partial charge in [-0.2, -0.15) is 0 Å². The van der Waals surface area contributed by atoms with Gasteiger partial charge in [0, 0.05) is 25.2 Å². The van der Waals surface area contributed by atoms with E-state index >= 15 is 0 Å². The van der Waals surface area contributed by atoms with Crippen molar-refractivity contribution < 1.29 is 19.2 Å². The van der Waals surface area contributed by atoms with E-state index in [2.05, 4.69) is 4.74 Å². The summed E-state index contributed by atoms with van der Waals surface area (Å²) in [6.45, 7) is 8.99. The van der Waals surface area contributed by atoms with Crippen LogP contribution in [0.5, 0.6) is 0 Å². The third kappa shape index (κ3) is 4.79. The number of nitrogens with zero attached hydrogens (tertiary/aromatic N) is 2. The quantitative estimate of drug-likeness (QED) is 0.360. The molecule has 2 rings (SSSR count). The standard InChI is InChI=1S/C18H24N2O5/c1-17(2)11-19(12-18(3,4)25-17)14-8-6-13(7-9-16(21)24-5)10-15(14)20(22)23/h6-10H,11-12H2,1-5H3/b9-7+. The highest BCUT2D eigenvalue weighted by molar-refractivity contribution is 5.87. The summed E-state index contributed by atoms with van der Waals surface area (Å²) >= 11 is 0. The molecule has 1 fully saturated rings. The van der Waals surface area contributed by atoms with Crippen molar-refractivity contribution in [3.63, 3.8) is 0 Å². The molecular weight excluding hydrogens is 324 g/mol. The van der Waals surface area contributed by atoms with Crippen LogP contribution in [0, 0.1) is 10.1 Å². The van der Waals surface area contributed by atoms with Crippen molar-refractivity contribution in [3.05, 3.63) is 40.0 Å². The minimum absolute atomic E-state index is 0.000478. The number of nitro groups is 1. The molecule has 0 saturated carbocycles. The number of carbonyl (C=O) groups excluding carboxylic acids is 1. The number of carbonyl (C=O) groups is 1. The van der Waals surface area contributed by atoms with Gasteiger partial charge in [0.1, 0.15) is 5.69 Å². The number of hydrogen-bond acceptors (Lipinski definition) is 6. The molecule has 0 atom stereocenters. The van der Waals surface area contributed by atoms with Crippen molar-refractivity contribution in [2.24, 2.45) is 0 Å². The van der Waals surface area contributed by atoms with Gasteiger partial charge in [-0.15, -0.1) is 0 Å². The highest BCUT2D eigenvalue weighted by Gasteiger charge is 2.39. The van der Waals surface area contributed by atoms with Crippen molar-refractivity contribution in [2.75, 3.05) is 25.1 Å². The fraction of sp³-hybridized carbons (Fsp3) is 0.500. The van der Waals surface area contributed by atoms with Crippen molar-refractivity contribution in [2.45, 2.75) is 38.9 Å². The number of hydrogen-bond donors (Lipinski definition) is 0. The smallest absolute Gasteiger partial charge is 0.330 e. The van der Waals surface area contributed by atoms with E-state index in [0.717, 1.165) is 0 Å². The topological polar surface area (TPSA) is 81.9 Å². The van der Waals surface area contributed by atoms with Crippen LogP contribution in [-0.2, 0) is 14.3 Å². The molecule has 7 heteroatoms. The Morgan fingerprint density at radius 2 is 1.88 bits per heavy atom. The number of nitro benzene ring substituents is 1. The molecule has 1 saturated heterocycles. The lowest BCUT2D eigenvalue weighted by Gasteiger charge is -2.47. The van der Waals surface area contributed by atoms with Gasteiger partial charge in [-0.05, 0) is 45.4 Å². The number of methoxy groups -OCH3 is 1. The minimum atomic E-state index is -0.511. The number of esters is 1. The Morgan fingerprint density at radius 1 is 1.28 bits per heavy atom. The Kier molecular flexibility index (Phi) is 5.17. The normalized spacial score (nSPS) is 19.0. The van der Waals surface area contributed by atoms with Crippen LogP contribution in [0.1, 0.15) is 33.3 Å². The fourth-order valence-electron chi connectivity index (χ4n) is 3.25. The minimum Gasteiger partial charge on any atom is -0.466 e. The Balaban J connectivity index is 2.39. The highest BCUT2D eigenvalue weighted by atomic mass is 16.6. The average molecular weight is 348 g/mol. The van der Waals surface area contributed by atoms with Gasteiger partial charge in [0.15, 0.2) is 0 Å². The van der Waals surface area contributed by atoms with Gasteiger partial charge in [-0.1, -0.05) is 6.07 Å². The van der Waals surface area contributed by atoms with Crippen LogP contribution in [0.3, 0.4) is 0 Å². The average Bonchev–Trinajstić information content (AvgIpc) is 2.49. The van der Waals surface area contributed by atoms with Crippen molar-refractivity contribution in [1.82, 2.24) is 0 Å². The molecule has 25 heavy (non-hydrogen) atoms. The van der Waals surface area contributed by atoms with E-state index in [9.17, 15) is 14.9 Å². The molecule has 1 aliphatic heterocycles. The summed E-state index contributed by atoms with van der Waals surface area (Å²) in [4.78, 5) is 24.3. The van der Waals surface area contributed by atoms with Crippen LogP contribution in [0.2, 0.25) is 0 Å². The lowest BCUT2D eigenvalue weighted by Crippen LogP contribution is -2.57. The van der Waals surface area contributed by atoms with E-state index in [0.29, 0.717) is 24.3 Å². The van der Waals surface area contributed by atoms with E-state index < -0.39 is 22.1 Å². The third-order valence-electron chi connectivity index (χ3n) is 3.85. The molecule has 0 bridgehead atoms. The number of benzene rings is 1. The Bertz CT molecular complexity index is 693. The molecule has 1 aromatic carbocycles. The second kappa shape index (κ2) is 6.84. The summed E-state index contributed by atoms with van der Waals surface area (Å²) in [6, 6.07) is 4.92. The van der Waals surface area contributed by atoms with Crippen LogP contribution in [0.15, 0.2) is 24.3 Å². The fourth-order valence-corrected chi connectivity index (χ4v) is 3.25. The van der Waals surface area contributed by atoms with E-state index in [4.69, 9.17) is 4.74 Å². The van der Waals surface area contributed by atoms with Crippen LogP contribution in [0.4, 0.5) is 11.4 Å². The molecule has 1 heterocycles. The Hall–Kier alpha value is -2.41. The van der Waals surface area contributed by atoms with Crippen molar-refractivity contribution in [3.8, 4) is 0 Å². The van der Waals surface area contributed by atoms with Gasteiger partial charge in [-0.3, -0.25) is 10.1 Å². The summed E-state index contributed by atoms with van der Waals surface area (Å²) in [5.74, 6) is -0.511. The number of anilines is 1. The number of rotatable bonds is 4. The molecule has 0 radical (unpaired) electrons. The number of ether oxygens (including phenoxy) is 2. The summed E-state index contributed by atoms with van der Waals surface area (Å²) in [6.07, 6.45) is 2.73. The van der Waals surface area contributed by atoms with Crippen molar-refractivity contribution >= 4 is 23.4 Å². The zero-order valence-corrected chi connectivity index (χ0v) is 15.2. The molecule has 0 spiro atoms. The number of morpholine rings is 1. The second-order valence-electron chi connectivity index (χ2n) is 7.34. The molecule has 0 N–H and O–H groups in total. The van der Waals surface area contributed by atoms with Crippen LogP contribution >= 0.6 is 0 Å². The first-order chi connectivity index (χ1) is 11.5. The summed E-state index contributed by atoms with van der Waals surface area (Å²) in [7, 11) is 1.28. The first-order valence-electron chi connectivity index (χ1n) is 8.03. The Labute approximate surface area is 147 Å². The molecule has 1 aliphatic rings. The molecule has 1 aromatic rings. The van der Waals surface area contributed by atoms with Crippen LogP contribution in [0.25, 0.3) is 6.08 Å². The van der Waals surface area contributed by atoms with E-state index in [1.165, 1.54) is 25.3 Å². The second-order valence-corrected chi connectivity index (χ2v) is 7.34. The van der Waals surface area contributed by atoms with E-state index in [1.807, 2.05) is 32.6 Å². The zero-order chi connectivity index (χ0) is 18.8. The maximum absolute atomic E-state index is 11.6. The van der Waals surface area contributed by atoms with Gasteiger partial charge < -0.3 is 14.4 Å². The summed E-state index contributed by atoms with van der Waals surface area (Å²) in [5.41, 5.74) is 0.274. The zero-order valence-electron chi connectivity index (χ0n) is 15.2. The van der Waals surface area contributed by atoms with Gasteiger partial charge >= 0.3 is 5.97 Å². The van der Waals surface area contributed by atoms with E-state index in [1.54, 1.807) is 12.1 Å². The van der Waals surface area contributed by atoms with Gasteiger partial charge in [0.2, 0.25) is 0 Å². The largest absolute Gasteiger partial charge is 0.466 e. The predicted octanol–water partition coefficient (Wildman–Crippen LogP) is 3.17. The van der Waals surface area contributed by atoms with Crippen LogP contribution in [-0.4, -0.2) is 42.3 Å². The van der Waals surface area contributed by atoms with Gasteiger partial charge in [0.05, 0.1) is 23.2 Å². The SMILES string of the molecule is COC(=O)/C=C/c1ccc(N2CC(C)(C)OC(C)(C)C2)c([N+](=O)[O-])c1. The van der Waals surface area contributed by atoms with Gasteiger partial charge in [0.25, 0.3) is 5.69 Å².